The van der Waals surface area contributed by atoms with Crippen molar-refractivity contribution in [2.75, 3.05) is 5.75 Å². The Balaban J connectivity index is 1.52. The van der Waals surface area contributed by atoms with Gasteiger partial charge in [0.25, 0.3) is 0 Å². The minimum atomic E-state index is 1.08. The van der Waals surface area contributed by atoms with E-state index in [9.17, 15) is 0 Å². The summed E-state index contributed by atoms with van der Waals surface area (Å²) in [4.78, 5) is 0. The van der Waals surface area contributed by atoms with Gasteiger partial charge in [0.15, 0.2) is 0 Å². The van der Waals surface area contributed by atoms with Gasteiger partial charge in [-0.15, -0.1) is 0 Å². The van der Waals surface area contributed by atoms with E-state index in [1.165, 1.54) is 12.2 Å². The SMILES string of the molecule is C1CC2SC2CC1CC1CS1. The van der Waals surface area contributed by atoms with Crippen molar-refractivity contribution in [3.05, 3.63) is 0 Å². The van der Waals surface area contributed by atoms with Crippen LogP contribution in [0, 0.1) is 5.92 Å². The molecule has 2 heterocycles. The smallest absolute Gasteiger partial charge is 0.0172 e. The maximum Gasteiger partial charge on any atom is 0.0172 e. The van der Waals surface area contributed by atoms with Crippen molar-refractivity contribution in [3.8, 4) is 0 Å². The number of rotatable bonds is 2. The Morgan fingerprint density at radius 3 is 2.82 bits per heavy atom. The zero-order chi connectivity index (χ0) is 7.26. The molecule has 0 bridgehead atoms. The van der Waals surface area contributed by atoms with Gasteiger partial charge in [0.1, 0.15) is 0 Å². The van der Waals surface area contributed by atoms with Crippen molar-refractivity contribution in [2.45, 2.75) is 41.4 Å². The molecule has 0 N–H and O–H groups in total. The van der Waals surface area contributed by atoms with Crippen LogP contribution in [0.3, 0.4) is 0 Å². The Kier molecular flexibility index (Phi) is 1.68. The highest BCUT2D eigenvalue weighted by Gasteiger charge is 2.44. The first-order valence-corrected chi connectivity index (χ1v) is 6.68. The summed E-state index contributed by atoms with van der Waals surface area (Å²) in [6.45, 7) is 0. The Bertz CT molecular complexity index is 163. The van der Waals surface area contributed by atoms with Gasteiger partial charge in [0.2, 0.25) is 0 Å². The summed E-state index contributed by atoms with van der Waals surface area (Å²) in [6.07, 6.45) is 6.20. The normalized spacial score (nSPS) is 53.5. The summed E-state index contributed by atoms with van der Waals surface area (Å²) >= 11 is 4.41. The molecule has 0 aromatic heterocycles. The highest BCUT2D eigenvalue weighted by atomic mass is 32.2. The van der Waals surface area contributed by atoms with Crippen molar-refractivity contribution in [3.63, 3.8) is 0 Å². The molecule has 2 aliphatic heterocycles. The number of hydrogen-bond donors (Lipinski definition) is 0. The van der Waals surface area contributed by atoms with Gasteiger partial charge in [-0.05, 0) is 31.6 Å². The van der Waals surface area contributed by atoms with E-state index in [4.69, 9.17) is 0 Å². The van der Waals surface area contributed by atoms with Crippen LogP contribution in [0.2, 0.25) is 0 Å². The monoisotopic (exact) mass is 186 g/mol. The van der Waals surface area contributed by atoms with E-state index < -0.39 is 0 Å². The highest BCUT2D eigenvalue weighted by Crippen LogP contribution is 2.54. The number of thioether (sulfide) groups is 2. The van der Waals surface area contributed by atoms with Crippen LogP contribution in [-0.4, -0.2) is 21.5 Å². The topological polar surface area (TPSA) is 0 Å². The second kappa shape index (κ2) is 2.59. The maximum absolute atomic E-state index is 2.24. The summed E-state index contributed by atoms with van der Waals surface area (Å²) in [5.41, 5.74) is 0. The van der Waals surface area contributed by atoms with E-state index >= 15 is 0 Å². The summed E-state index contributed by atoms with van der Waals surface area (Å²) in [7, 11) is 0. The Labute approximate surface area is 76.9 Å². The fourth-order valence-electron chi connectivity index (χ4n) is 2.28. The van der Waals surface area contributed by atoms with Gasteiger partial charge in [0.05, 0.1) is 0 Å². The summed E-state index contributed by atoms with van der Waals surface area (Å²) in [6, 6.07) is 0. The van der Waals surface area contributed by atoms with Crippen LogP contribution in [0.25, 0.3) is 0 Å². The lowest BCUT2D eigenvalue weighted by atomic mass is 9.86. The van der Waals surface area contributed by atoms with Gasteiger partial charge in [-0.25, -0.2) is 0 Å². The van der Waals surface area contributed by atoms with Crippen LogP contribution >= 0.6 is 23.5 Å². The lowest BCUT2D eigenvalue weighted by molar-refractivity contribution is 0.379. The Hall–Kier alpha value is 0.700. The molecular weight excluding hydrogens is 172 g/mol. The third kappa shape index (κ3) is 1.57. The van der Waals surface area contributed by atoms with E-state index in [1.54, 1.807) is 19.3 Å². The van der Waals surface area contributed by atoms with Crippen LogP contribution in [0.1, 0.15) is 25.7 Å². The average Bonchev–Trinajstić information content (AvgIpc) is 2.78. The zero-order valence-corrected chi connectivity index (χ0v) is 8.29. The molecule has 0 amide bonds. The van der Waals surface area contributed by atoms with Crippen LogP contribution in [-0.2, 0) is 0 Å². The predicted molar refractivity (Wildman–Crippen MR) is 53.4 cm³/mol. The molecule has 0 spiro atoms. The minimum Gasteiger partial charge on any atom is -0.157 e. The largest absolute Gasteiger partial charge is 0.157 e. The second-order valence-corrected chi connectivity index (χ2v) is 6.90. The molecule has 0 aromatic rings. The van der Waals surface area contributed by atoms with E-state index in [-0.39, 0.29) is 0 Å². The van der Waals surface area contributed by atoms with Crippen LogP contribution in [0.15, 0.2) is 0 Å². The van der Waals surface area contributed by atoms with Gasteiger partial charge in [-0.1, -0.05) is 0 Å². The first-order valence-electron chi connectivity index (χ1n) is 4.69. The molecule has 2 heteroatoms. The molecule has 3 rings (SSSR count). The molecule has 4 unspecified atom stereocenters. The fraction of sp³-hybridized carbons (Fsp3) is 1.00. The molecule has 3 fully saturated rings. The first-order chi connectivity index (χ1) is 5.42. The molecule has 4 atom stereocenters. The molecule has 0 radical (unpaired) electrons. The minimum absolute atomic E-state index is 1.08. The standard InChI is InChI=1S/C9H14S2/c1-2-8-9(11-8)4-6(1)3-7-5-10-7/h6-9H,1-5H2. The third-order valence-corrected chi connectivity index (χ3v) is 5.58. The molecule has 62 valence electrons. The Morgan fingerprint density at radius 1 is 1.18 bits per heavy atom. The average molecular weight is 186 g/mol. The summed E-state index contributed by atoms with van der Waals surface area (Å²) in [5, 5.41) is 3.30. The fourth-order valence-corrected chi connectivity index (χ4v) is 4.22. The van der Waals surface area contributed by atoms with E-state index in [2.05, 4.69) is 23.5 Å². The molecular formula is C9H14S2. The Morgan fingerprint density at radius 2 is 2.09 bits per heavy atom. The molecule has 1 saturated carbocycles. The lowest BCUT2D eigenvalue weighted by Crippen LogP contribution is -2.14. The highest BCUT2D eigenvalue weighted by molar-refractivity contribution is 8.07. The van der Waals surface area contributed by atoms with Crippen molar-refractivity contribution < 1.29 is 0 Å². The maximum atomic E-state index is 2.24. The number of hydrogen-bond acceptors (Lipinski definition) is 2. The van der Waals surface area contributed by atoms with Gasteiger partial charge in [-0.2, -0.15) is 23.5 Å². The van der Waals surface area contributed by atoms with Crippen molar-refractivity contribution in [1.82, 2.24) is 0 Å². The van der Waals surface area contributed by atoms with Crippen LogP contribution in [0.4, 0.5) is 0 Å². The quantitative estimate of drug-likeness (QED) is 0.608. The lowest BCUT2D eigenvalue weighted by Gasteiger charge is -2.18. The van der Waals surface area contributed by atoms with Crippen molar-refractivity contribution >= 4 is 23.5 Å². The first kappa shape index (κ1) is 7.14. The van der Waals surface area contributed by atoms with Crippen molar-refractivity contribution in [2.24, 2.45) is 5.92 Å². The molecule has 1 aliphatic carbocycles. The van der Waals surface area contributed by atoms with Crippen molar-refractivity contribution in [1.29, 1.82) is 0 Å². The molecule has 3 aliphatic rings. The second-order valence-electron chi connectivity index (χ2n) is 4.08. The summed E-state index contributed by atoms with van der Waals surface area (Å²) < 4.78 is 0. The summed E-state index contributed by atoms with van der Waals surface area (Å²) in [5.74, 6) is 2.59. The van der Waals surface area contributed by atoms with E-state index in [1.807, 2.05) is 0 Å². The van der Waals surface area contributed by atoms with E-state index in [0.29, 0.717) is 0 Å². The van der Waals surface area contributed by atoms with Gasteiger partial charge in [0, 0.05) is 21.5 Å². The molecule has 0 nitrogen and oxygen atoms in total. The zero-order valence-electron chi connectivity index (χ0n) is 6.66. The van der Waals surface area contributed by atoms with Gasteiger partial charge in [-0.3, -0.25) is 0 Å². The number of fused-ring (bicyclic) bond motifs is 1. The van der Waals surface area contributed by atoms with Gasteiger partial charge >= 0.3 is 0 Å². The third-order valence-electron chi connectivity index (χ3n) is 3.11. The van der Waals surface area contributed by atoms with Crippen LogP contribution < -0.4 is 0 Å². The predicted octanol–water partition coefficient (Wildman–Crippen LogP) is 2.78. The molecule has 11 heavy (non-hydrogen) atoms. The molecule has 2 saturated heterocycles. The van der Waals surface area contributed by atoms with Crippen LogP contribution in [0.5, 0.6) is 0 Å². The van der Waals surface area contributed by atoms with E-state index in [0.717, 1.165) is 21.7 Å². The molecule has 0 aromatic carbocycles. The van der Waals surface area contributed by atoms with Gasteiger partial charge < -0.3 is 0 Å².